The number of nitrogens with zero attached hydrogens (tertiary/aromatic N) is 2. The molecule has 2 aliphatic heterocycles. The highest BCUT2D eigenvalue weighted by Crippen LogP contribution is 2.34. The quantitative estimate of drug-likeness (QED) is 0.783. The van der Waals surface area contributed by atoms with Crippen LogP contribution in [0.1, 0.15) is 30.0 Å². The molecule has 1 aromatic heterocycles. The second-order valence-electron chi connectivity index (χ2n) is 8.01. The number of carbonyl (C=O) groups is 1. The average Bonchev–Trinajstić information content (AvgIpc) is 2.80. The maximum absolute atomic E-state index is 12.9. The van der Waals surface area contributed by atoms with Crippen molar-refractivity contribution in [3.05, 3.63) is 66.0 Å². The van der Waals surface area contributed by atoms with Gasteiger partial charge in [-0.05, 0) is 30.0 Å². The molecule has 4 rings (SSSR count). The molecular formula is C23H30N4O2. The van der Waals surface area contributed by atoms with Gasteiger partial charge in [0.05, 0.1) is 6.54 Å². The number of hydrogen-bond acceptors (Lipinski definition) is 5. The topological polar surface area (TPSA) is 66.5 Å². The number of hydrogen-bond donors (Lipinski definition) is 2. The van der Waals surface area contributed by atoms with Crippen LogP contribution in [-0.4, -0.2) is 61.7 Å². The third kappa shape index (κ3) is 4.83. The lowest BCUT2D eigenvalue weighted by molar-refractivity contribution is -0.123. The predicted molar refractivity (Wildman–Crippen MR) is 113 cm³/mol. The summed E-state index contributed by atoms with van der Waals surface area (Å²) in [6.45, 7) is 5.13. The summed E-state index contributed by atoms with van der Waals surface area (Å²) >= 11 is 0. The third-order valence-corrected chi connectivity index (χ3v) is 6.23. The molecule has 1 amide bonds. The van der Waals surface area contributed by atoms with E-state index < -0.39 is 0 Å². The molecule has 2 saturated heterocycles. The van der Waals surface area contributed by atoms with E-state index >= 15 is 0 Å². The molecule has 3 heterocycles. The molecule has 2 fully saturated rings. The van der Waals surface area contributed by atoms with E-state index in [1.807, 2.05) is 18.3 Å². The Kier molecular flexibility index (Phi) is 6.54. The highest BCUT2D eigenvalue weighted by Gasteiger charge is 2.35. The molecular weight excluding hydrogens is 364 g/mol. The van der Waals surface area contributed by atoms with Gasteiger partial charge in [0.25, 0.3) is 0 Å². The van der Waals surface area contributed by atoms with Crippen LogP contribution >= 0.6 is 0 Å². The van der Waals surface area contributed by atoms with E-state index in [0.29, 0.717) is 13.1 Å². The zero-order chi connectivity index (χ0) is 19.9. The number of amides is 1. The first-order chi connectivity index (χ1) is 14.3. The minimum absolute atomic E-state index is 0.0403. The summed E-state index contributed by atoms with van der Waals surface area (Å²) in [5, 5.41) is 6.67. The second-order valence-corrected chi connectivity index (χ2v) is 8.01. The van der Waals surface area contributed by atoms with E-state index in [2.05, 4.69) is 50.8 Å². The highest BCUT2D eigenvalue weighted by atomic mass is 16.5. The number of ether oxygens (including phenoxy) is 1. The number of piperazine rings is 1. The van der Waals surface area contributed by atoms with Crippen LogP contribution in [0.5, 0.6) is 0 Å². The fraction of sp³-hybridized carbons (Fsp3) is 0.478. The molecule has 1 aromatic carbocycles. The Morgan fingerprint density at radius 2 is 2.03 bits per heavy atom. The summed E-state index contributed by atoms with van der Waals surface area (Å²) in [5.74, 6) is 0.0857. The number of benzene rings is 1. The Morgan fingerprint density at radius 1 is 1.21 bits per heavy atom. The normalized spacial score (nSPS) is 22.1. The maximum atomic E-state index is 12.9. The molecule has 0 radical (unpaired) electrons. The zero-order valence-corrected chi connectivity index (χ0v) is 16.8. The molecule has 29 heavy (non-hydrogen) atoms. The van der Waals surface area contributed by atoms with Gasteiger partial charge in [-0.3, -0.25) is 14.7 Å². The van der Waals surface area contributed by atoms with Gasteiger partial charge in [-0.25, -0.2) is 0 Å². The first kappa shape index (κ1) is 20.0. The smallest absolute Gasteiger partial charge is 0.234 e. The Balaban J connectivity index is 1.40. The number of rotatable bonds is 6. The molecule has 0 spiro atoms. The van der Waals surface area contributed by atoms with Crippen LogP contribution in [0.2, 0.25) is 0 Å². The lowest BCUT2D eigenvalue weighted by Crippen LogP contribution is -2.51. The number of carbonyl (C=O) groups excluding carboxylic acids is 1. The summed E-state index contributed by atoms with van der Waals surface area (Å²) in [7, 11) is 0. The van der Waals surface area contributed by atoms with Gasteiger partial charge in [-0.1, -0.05) is 36.4 Å². The van der Waals surface area contributed by atoms with Crippen LogP contribution in [0.25, 0.3) is 0 Å². The van der Waals surface area contributed by atoms with Gasteiger partial charge in [-0.2, -0.15) is 0 Å². The van der Waals surface area contributed by atoms with Crippen LogP contribution in [0, 0.1) is 0 Å². The van der Waals surface area contributed by atoms with Gasteiger partial charge in [0.15, 0.2) is 0 Å². The molecule has 6 heteroatoms. The molecule has 1 unspecified atom stereocenters. The molecule has 1 atom stereocenters. The van der Waals surface area contributed by atoms with Crippen molar-refractivity contribution in [3.63, 3.8) is 0 Å². The van der Waals surface area contributed by atoms with E-state index in [4.69, 9.17) is 4.74 Å². The lowest BCUT2D eigenvalue weighted by Gasteiger charge is -2.39. The summed E-state index contributed by atoms with van der Waals surface area (Å²) in [6.07, 6.45) is 5.55. The Morgan fingerprint density at radius 3 is 2.79 bits per heavy atom. The van der Waals surface area contributed by atoms with Crippen LogP contribution < -0.4 is 10.6 Å². The van der Waals surface area contributed by atoms with Crippen molar-refractivity contribution >= 4 is 5.91 Å². The molecule has 0 bridgehead atoms. The molecule has 154 valence electrons. The summed E-state index contributed by atoms with van der Waals surface area (Å²) < 4.78 is 5.60. The lowest BCUT2D eigenvalue weighted by atomic mass is 9.74. The summed E-state index contributed by atoms with van der Waals surface area (Å²) in [4.78, 5) is 19.4. The van der Waals surface area contributed by atoms with Crippen molar-refractivity contribution in [3.8, 4) is 0 Å². The van der Waals surface area contributed by atoms with Crippen LogP contribution in [-0.2, 0) is 14.9 Å². The molecule has 0 aliphatic carbocycles. The van der Waals surface area contributed by atoms with Crippen molar-refractivity contribution in [2.75, 3.05) is 45.9 Å². The van der Waals surface area contributed by atoms with Crippen molar-refractivity contribution in [2.45, 2.75) is 24.3 Å². The monoisotopic (exact) mass is 394 g/mol. The first-order valence-corrected chi connectivity index (χ1v) is 10.5. The molecule has 0 saturated carbocycles. The van der Waals surface area contributed by atoms with Crippen molar-refractivity contribution < 1.29 is 9.53 Å². The standard InChI is InChI=1S/C23H30N4O2/c28-22(17-27-12-11-25-16-21(27)19-5-4-10-24-15-19)26-18-23(8-13-29-14-9-23)20-6-2-1-3-7-20/h1-7,10,15,21,25H,8-9,11-14,16-18H2,(H,26,28). The van der Waals surface area contributed by atoms with Crippen molar-refractivity contribution in [1.29, 1.82) is 0 Å². The number of pyridine rings is 1. The average molecular weight is 395 g/mol. The molecule has 2 aromatic rings. The first-order valence-electron chi connectivity index (χ1n) is 10.5. The summed E-state index contributed by atoms with van der Waals surface area (Å²) in [6, 6.07) is 14.8. The fourth-order valence-electron chi connectivity index (χ4n) is 4.47. The number of aromatic nitrogens is 1. The van der Waals surface area contributed by atoms with Gasteiger partial charge in [0.2, 0.25) is 5.91 Å². The largest absolute Gasteiger partial charge is 0.381 e. The number of nitrogens with one attached hydrogen (secondary N) is 2. The van der Waals surface area contributed by atoms with Crippen LogP contribution in [0.15, 0.2) is 54.9 Å². The maximum Gasteiger partial charge on any atom is 0.234 e. The molecule has 2 aliphatic rings. The van der Waals surface area contributed by atoms with Gasteiger partial charge < -0.3 is 15.4 Å². The minimum atomic E-state index is -0.0403. The molecule has 2 N–H and O–H groups in total. The van der Waals surface area contributed by atoms with Crippen molar-refractivity contribution in [2.24, 2.45) is 0 Å². The SMILES string of the molecule is O=C(CN1CCNCC1c1cccnc1)NCC1(c2ccccc2)CCOCC1. The zero-order valence-electron chi connectivity index (χ0n) is 16.8. The second kappa shape index (κ2) is 9.48. The van der Waals surface area contributed by atoms with Gasteiger partial charge in [0.1, 0.15) is 0 Å². The van der Waals surface area contributed by atoms with Gasteiger partial charge >= 0.3 is 0 Å². The van der Waals surface area contributed by atoms with E-state index in [1.165, 1.54) is 5.56 Å². The highest BCUT2D eigenvalue weighted by molar-refractivity contribution is 5.78. The Bertz CT molecular complexity index is 778. The Labute approximate surface area is 172 Å². The Hall–Kier alpha value is -2.28. The van der Waals surface area contributed by atoms with Crippen LogP contribution in [0.3, 0.4) is 0 Å². The third-order valence-electron chi connectivity index (χ3n) is 6.23. The van der Waals surface area contributed by atoms with Crippen molar-refractivity contribution in [1.82, 2.24) is 20.5 Å². The summed E-state index contributed by atoms with van der Waals surface area (Å²) in [5.41, 5.74) is 2.40. The van der Waals surface area contributed by atoms with E-state index in [9.17, 15) is 4.79 Å². The van der Waals surface area contributed by atoms with Crippen LogP contribution in [0.4, 0.5) is 0 Å². The van der Waals surface area contributed by atoms with Gasteiger partial charge in [-0.15, -0.1) is 0 Å². The minimum Gasteiger partial charge on any atom is -0.381 e. The van der Waals surface area contributed by atoms with E-state index in [0.717, 1.165) is 51.3 Å². The van der Waals surface area contributed by atoms with E-state index in [1.54, 1.807) is 6.20 Å². The molecule has 6 nitrogen and oxygen atoms in total. The fourth-order valence-corrected chi connectivity index (χ4v) is 4.47. The predicted octanol–water partition coefficient (Wildman–Crippen LogP) is 1.89. The van der Waals surface area contributed by atoms with E-state index in [-0.39, 0.29) is 17.4 Å². The van der Waals surface area contributed by atoms with Gasteiger partial charge in [0, 0.05) is 63.2 Å².